The third-order valence-corrected chi connectivity index (χ3v) is 2.25. The van der Waals surface area contributed by atoms with Crippen LogP contribution in [0.15, 0.2) is 74.4 Å². The first kappa shape index (κ1) is 27.9. The molecule has 0 aliphatic heterocycles. The number of aliphatic hydroxyl groups excluding tert-OH is 1. The maximum atomic E-state index is 10.2. The highest BCUT2D eigenvalue weighted by Gasteiger charge is 2.07. The van der Waals surface area contributed by atoms with Crippen LogP contribution in [0.2, 0.25) is 0 Å². The Kier molecular flexibility index (Phi) is 21.5. The number of carbonyl (C=O) groups excluding carboxylic acids is 1. The summed E-state index contributed by atoms with van der Waals surface area (Å²) < 4.78 is 4.27. The van der Waals surface area contributed by atoms with Crippen LogP contribution in [-0.2, 0) is 14.3 Å². The van der Waals surface area contributed by atoms with E-state index in [0.29, 0.717) is 5.57 Å². The Hall–Kier alpha value is -2.96. The van der Waals surface area contributed by atoms with Crippen molar-refractivity contribution in [2.24, 2.45) is 5.73 Å². The van der Waals surface area contributed by atoms with Gasteiger partial charge in [0.15, 0.2) is 0 Å². The van der Waals surface area contributed by atoms with E-state index >= 15 is 0 Å². The molecule has 1 rings (SSSR count). The van der Waals surface area contributed by atoms with E-state index in [4.69, 9.17) is 15.9 Å². The lowest BCUT2D eigenvalue weighted by molar-refractivity contribution is -0.139. The molecule has 6 nitrogen and oxygen atoms in total. The smallest absolute Gasteiger partial charge is 0.332 e. The number of methoxy groups -OCH3 is 1. The summed E-state index contributed by atoms with van der Waals surface area (Å²) in [5.41, 5.74) is 6.37. The fraction of sp³-hybridized carbons (Fsp3) is 0.200. The summed E-state index contributed by atoms with van der Waals surface area (Å²) in [6.45, 7) is 14.8. The largest absolute Gasteiger partial charge is 0.480 e. The van der Waals surface area contributed by atoms with Crippen LogP contribution >= 0.6 is 0 Å². The summed E-state index contributed by atoms with van der Waals surface area (Å²) in [4.78, 5) is 19.8. The third kappa shape index (κ3) is 21.0. The number of benzene rings is 1. The number of aliphatic carboxylic acids is 1. The molecule has 0 fully saturated rings. The summed E-state index contributed by atoms with van der Waals surface area (Å²) >= 11 is 0. The van der Waals surface area contributed by atoms with E-state index in [-0.39, 0.29) is 5.97 Å². The van der Waals surface area contributed by atoms with Crippen LogP contribution in [-0.4, -0.2) is 41.9 Å². The summed E-state index contributed by atoms with van der Waals surface area (Å²) in [6.07, 6.45) is 5.11. The van der Waals surface area contributed by atoms with Gasteiger partial charge in [-0.05, 0) is 12.5 Å². The maximum absolute atomic E-state index is 10.2. The Morgan fingerprint density at radius 3 is 1.77 bits per heavy atom. The molecule has 0 amide bonds. The molecule has 0 bridgehead atoms. The average molecular weight is 363 g/mol. The van der Waals surface area contributed by atoms with Crippen molar-refractivity contribution in [3.8, 4) is 0 Å². The highest BCUT2D eigenvalue weighted by Crippen LogP contribution is 1.97. The number of hydrogen-bond donors (Lipinski definition) is 3. The first-order valence-electron chi connectivity index (χ1n) is 7.45. The van der Waals surface area contributed by atoms with Gasteiger partial charge in [0.25, 0.3) is 0 Å². The highest BCUT2D eigenvalue weighted by atomic mass is 16.5. The number of hydrogen-bond acceptors (Lipinski definition) is 5. The zero-order valence-corrected chi connectivity index (χ0v) is 15.4. The molecule has 0 radical (unpaired) electrons. The van der Waals surface area contributed by atoms with E-state index in [0.717, 1.165) is 0 Å². The molecule has 6 heteroatoms. The SMILES string of the molecule is C=C(C)C(=O)OC.C=CC=C.C=Cc1ccccc1.N[C@@H](CO)C(=O)O. The molecule has 0 aliphatic rings. The quantitative estimate of drug-likeness (QED) is 0.421. The zero-order chi connectivity index (χ0) is 21.0. The monoisotopic (exact) mass is 363 g/mol. The van der Waals surface area contributed by atoms with Crippen LogP contribution in [0.3, 0.4) is 0 Å². The number of ether oxygens (including phenoxy) is 1. The lowest BCUT2D eigenvalue weighted by Crippen LogP contribution is -2.33. The van der Waals surface area contributed by atoms with Gasteiger partial charge in [-0.25, -0.2) is 4.79 Å². The number of esters is 1. The standard InChI is InChI=1S/C8H8.C5H8O2.C4H6.C3H7NO3/c1-2-8-6-4-3-5-7-8;1-4(2)5(6)7-3;1-3-4-2;4-2(1-5)3(6)7/h2-7H,1H2;1H2,2-3H3;3-4H,1-2H2;2,5H,1,4H2,(H,6,7)/t;;;2-/m...0/s1. The molecule has 1 atom stereocenters. The van der Waals surface area contributed by atoms with Crippen molar-refractivity contribution in [2.75, 3.05) is 13.7 Å². The van der Waals surface area contributed by atoms with Crippen LogP contribution < -0.4 is 5.73 Å². The summed E-state index contributed by atoms with van der Waals surface area (Å²) in [6, 6.07) is 8.90. The van der Waals surface area contributed by atoms with Gasteiger partial charge in [-0.1, -0.05) is 74.9 Å². The minimum Gasteiger partial charge on any atom is -0.480 e. The van der Waals surface area contributed by atoms with E-state index in [1.807, 2.05) is 36.4 Å². The Balaban J connectivity index is -0.000000279. The Morgan fingerprint density at radius 1 is 1.19 bits per heavy atom. The number of carbonyl (C=O) groups is 2. The molecule has 4 N–H and O–H groups in total. The first-order chi connectivity index (χ1) is 12.2. The van der Waals surface area contributed by atoms with Crippen molar-refractivity contribution in [1.82, 2.24) is 0 Å². The van der Waals surface area contributed by atoms with Gasteiger partial charge in [0.2, 0.25) is 0 Å². The molecule has 26 heavy (non-hydrogen) atoms. The van der Waals surface area contributed by atoms with Crippen LogP contribution in [0.4, 0.5) is 0 Å². The van der Waals surface area contributed by atoms with E-state index < -0.39 is 18.6 Å². The van der Waals surface area contributed by atoms with Gasteiger partial charge in [-0.15, -0.1) is 0 Å². The van der Waals surface area contributed by atoms with Gasteiger partial charge < -0.3 is 20.7 Å². The molecule has 0 aliphatic carbocycles. The Bertz CT molecular complexity index is 547. The molecule has 0 saturated carbocycles. The van der Waals surface area contributed by atoms with Crippen LogP contribution in [0, 0.1) is 0 Å². The zero-order valence-electron chi connectivity index (χ0n) is 15.4. The molecular formula is C20H29NO5. The minimum atomic E-state index is -1.18. The normalized spacial score (nSPS) is 9.08. The fourth-order valence-electron chi connectivity index (χ4n) is 0.841. The van der Waals surface area contributed by atoms with Gasteiger partial charge in [-0.2, -0.15) is 0 Å². The molecule has 0 saturated heterocycles. The van der Waals surface area contributed by atoms with Gasteiger partial charge in [0, 0.05) is 5.57 Å². The second-order valence-electron chi connectivity index (χ2n) is 4.49. The lowest BCUT2D eigenvalue weighted by atomic mass is 10.2. The van der Waals surface area contributed by atoms with Crippen LogP contribution in [0.25, 0.3) is 6.08 Å². The maximum Gasteiger partial charge on any atom is 0.332 e. The second kappa shape index (κ2) is 20.1. The molecule has 144 valence electrons. The van der Waals surface area contributed by atoms with Crippen molar-refractivity contribution < 1.29 is 24.5 Å². The number of carboxylic acids is 1. The number of carboxylic acid groups (broad SMARTS) is 1. The molecule has 0 heterocycles. The van der Waals surface area contributed by atoms with Crippen molar-refractivity contribution in [3.63, 3.8) is 0 Å². The molecule has 1 aromatic carbocycles. The Morgan fingerprint density at radius 2 is 1.65 bits per heavy atom. The van der Waals surface area contributed by atoms with E-state index in [1.54, 1.807) is 19.1 Å². The average Bonchev–Trinajstić information content (AvgIpc) is 2.68. The summed E-state index contributed by atoms with van der Waals surface area (Å²) in [5.74, 6) is -1.53. The first-order valence-corrected chi connectivity index (χ1v) is 7.45. The van der Waals surface area contributed by atoms with Crippen LogP contribution in [0.1, 0.15) is 12.5 Å². The molecule has 0 unspecified atom stereocenters. The van der Waals surface area contributed by atoms with Crippen LogP contribution in [0.5, 0.6) is 0 Å². The predicted octanol–water partition coefficient (Wildman–Crippen LogP) is 2.81. The molecule has 1 aromatic rings. The summed E-state index contributed by atoms with van der Waals surface area (Å²) in [5, 5.41) is 15.9. The summed E-state index contributed by atoms with van der Waals surface area (Å²) in [7, 11) is 1.33. The van der Waals surface area contributed by atoms with Crippen molar-refractivity contribution in [2.45, 2.75) is 13.0 Å². The van der Waals surface area contributed by atoms with Crippen molar-refractivity contribution >= 4 is 18.0 Å². The van der Waals surface area contributed by atoms with Gasteiger partial charge in [0.05, 0.1) is 13.7 Å². The third-order valence-electron chi connectivity index (χ3n) is 2.25. The van der Waals surface area contributed by atoms with Crippen molar-refractivity contribution in [3.05, 3.63) is 79.9 Å². The minimum absolute atomic E-state index is 0.347. The Labute approximate surface area is 155 Å². The number of allylic oxidation sites excluding steroid dienone is 2. The number of nitrogens with two attached hydrogens (primary N) is 1. The lowest BCUT2D eigenvalue weighted by Gasteiger charge is -1.96. The molecular weight excluding hydrogens is 334 g/mol. The van der Waals surface area contributed by atoms with Gasteiger partial charge in [-0.3, -0.25) is 4.79 Å². The van der Waals surface area contributed by atoms with Crippen molar-refractivity contribution in [1.29, 1.82) is 0 Å². The van der Waals surface area contributed by atoms with E-state index in [1.165, 1.54) is 12.7 Å². The predicted molar refractivity (Wildman–Crippen MR) is 106 cm³/mol. The fourth-order valence-corrected chi connectivity index (χ4v) is 0.841. The second-order valence-corrected chi connectivity index (χ2v) is 4.49. The van der Waals surface area contributed by atoms with Gasteiger partial charge >= 0.3 is 11.9 Å². The molecule has 0 aromatic heterocycles. The van der Waals surface area contributed by atoms with E-state index in [9.17, 15) is 9.59 Å². The van der Waals surface area contributed by atoms with E-state index in [2.05, 4.69) is 31.1 Å². The topological polar surface area (TPSA) is 110 Å². The number of aliphatic hydroxyl groups is 1. The highest BCUT2D eigenvalue weighted by molar-refractivity contribution is 5.86. The van der Waals surface area contributed by atoms with Gasteiger partial charge in [0.1, 0.15) is 6.04 Å². The molecule has 0 spiro atoms. The number of rotatable bonds is 5.